The molecule has 336 valence electrons. The van der Waals surface area contributed by atoms with E-state index >= 15 is 0 Å². The highest BCUT2D eigenvalue weighted by atomic mass is 32.3. The summed E-state index contributed by atoms with van der Waals surface area (Å²) in [4.78, 5) is 23.8. The Balaban J connectivity index is 1.16. The number of fused-ring (bicyclic) bond motifs is 2. The largest absolute Gasteiger partial charge is 0.494 e. The van der Waals surface area contributed by atoms with Crippen molar-refractivity contribution in [3.05, 3.63) is 115 Å². The van der Waals surface area contributed by atoms with Gasteiger partial charge in [0.1, 0.15) is 39.9 Å². The smallest absolute Gasteiger partial charge is 0.446 e. The topological polar surface area (TPSA) is 338 Å². The molecule has 0 unspecified atom stereocenters. The molecule has 0 radical (unpaired) electrons. The van der Waals surface area contributed by atoms with Crippen molar-refractivity contribution >= 4 is 105 Å². The summed E-state index contributed by atoms with van der Waals surface area (Å²) in [5, 5.41) is 38.2. The Labute approximate surface area is 373 Å². The van der Waals surface area contributed by atoms with Gasteiger partial charge in [-0.05, 0) is 101 Å². The minimum absolute atomic E-state index is 0.00904. The summed E-state index contributed by atoms with van der Waals surface area (Å²) >= 11 is 0. The van der Waals surface area contributed by atoms with Gasteiger partial charge in [0.05, 0.1) is 25.6 Å². The predicted octanol–water partition coefficient (Wildman–Crippen LogP) is 9.47. The lowest BCUT2D eigenvalue weighted by Crippen LogP contribution is -2.21. The van der Waals surface area contributed by atoms with Gasteiger partial charge in [0.25, 0.3) is 0 Å². The van der Waals surface area contributed by atoms with E-state index in [1.165, 1.54) is 56.7 Å². The monoisotopic (exact) mass is 935 g/mol. The van der Waals surface area contributed by atoms with Crippen LogP contribution in [0.2, 0.25) is 0 Å². The van der Waals surface area contributed by atoms with Gasteiger partial charge in [0.15, 0.2) is 11.5 Å². The number of anilines is 3. The van der Waals surface area contributed by atoms with Crippen molar-refractivity contribution in [2.45, 2.75) is 0 Å². The van der Waals surface area contributed by atoms with Crippen LogP contribution in [0.5, 0.6) is 23.0 Å². The maximum absolute atomic E-state index is 12.3. The van der Waals surface area contributed by atoms with E-state index < -0.39 is 32.7 Å². The zero-order valence-corrected chi connectivity index (χ0v) is 35.7. The number of nitrogen functional groups attached to an aromatic ring is 2. The van der Waals surface area contributed by atoms with Crippen LogP contribution in [-0.4, -0.2) is 57.1 Å². The molecular weight excluding hydrogens is 903 g/mol. The summed E-state index contributed by atoms with van der Waals surface area (Å²) in [6.07, 6.45) is 0. The minimum Gasteiger partial charge on any atom is -0.494 e. The van der Waals surface area contributed by atoms with Crippen LogP contribution in [-0.2, 0) is 30.4 Å². The Morgan fingerprint density at radius 3 is 1.39 bits per heavy atom. The third-order valence-electron chi connectivity index (χ3n) is 9.25. The standard InChI is InChI=1S/C42H33N9O13S2/c1-61-37-17-24(25-8-13-33(38(18-25)62-2)49-51-35-15-6-23-4-10-27(44)20-30(23)40(35)64-66(58,59)60)7-12-32(37)48-47-31-16-11-28(21-36(31)45-41(52)42(53)54)46-50-34-14-5-22-3-9-26(43)19-29(22)39(34)63-65(55,56)57/h3-21H,43-44H2,1-2H3,(H,45,52)(H,53,54)(H,55,56,57)(H,58,59,60). The van der Waals surface area contributed by atoms with E-state index in [0.29, 0.717) is 27.6 Å². The summed E-state index contributed by atoms with van der Waals surface area (Å²) in [6, 6.07) is 29.3. The maximum Gasteiger partial charge on any atom is 0.446 e. The summed E-state index contributed by atoms with van der Waals surface area (Å²) in [5.41, 5.74) is 13.8. The van der Waals surface area contributed by atoms with Gasteiger partial charge in [-0.25, -0.2) is 4.79 Å². The fraction of sp³-hybridized carbons (Fsp3) is 0.0476. The number of methoxy groups -OCH3 is 2. The van der Waals surface area contributed by atoms with Crippen LogP contribution in [0.4, 0.5) is 51.2 Å². The second-order valence-electron chi connectivity index (χ2n) is 13.6. The van der Waals surface area contributed by atoms with E-state index in [1.807, 2.05) is 0 Å². The average Bonchev–Trinajstić information content (AvgIpc) is 3.27. The number of rotatable bonds is 14. The van der Waals surface area contributed by atoms with Crippen molar-refractivity contribution in [1.82, 2.24) is 0 Å². The highest BCUT2D eigenvalue weighted by Gasteiger charge is 2.20. The number of azo groups is 3. The van der Waals surface area contributed by atoms with E-state index in [0.717, 1.165) is 0 Å². The molecule has 24 heteroatoms. The minimum atomic E-state index is -5.01. The molecule has 0 aliphatic rings. The molecule has 8 N–H and O–H groups in total. The first kappa shape index (κ1) is 45.4. The van der Waals surface area contributed by atoms with Crippen LogP contribution in [0, 0.1) is 0 Å². The number of carboxylic acids is 1. The second-order valence-corrected chi connectivity index (χ2v) is 15.7. The van der Waals surface area contributed by atoms with Crippen LogP contribution in [0.25, 0.3) is 32.7 Å². The Morgan fingerprint density at radius 1 is 0.530 bits per heavy atom. The highest BCUT2D eigenvalue weighted by molar-refractivity contribution is 7.81. The first-order chi connectivity index (χ1) is 31.4. The molecule has 0 saturated heterocycles. The Kier molecular flexibility index (Phi) is 12.8. The van der Waals surface area contributed by atoms with Crippen molar-refractivity contribution in [3.63, 3.8) is 0 Å². The van der Waals surface area contributed by atoms with Crippen LogP contribution in [0.1, 0.15) is 0 Å². The number of aliphatic carboxylic acids is 1. The molecule has 7 aromatic carbocycles. The molecule has 1 amide bonds. The van der Waals surface area contributed by atoms with Crippen molar-refractivity contribution in [1.29, 1.82) is 0 Å². The zero-order chi connectivity index (χ0) is 47.3. The van der Waals surface area contributed by atoms with E-state index in [4.69, 9.17) is 29.3 Å². The Bertz CT molecular complexity index is 3420. The number of nitrogens with one attached hydrogen (secondary N) is 1. The molecular formula is C42H33N9O13S2. The van der Waals surface area contributed by atoms with Gasteiger partial charge in [0, 0.05) is 22.1 Å². The fourth-order valence-corrected chi connectivity index (χ4v) is 7.07. The lowest BCUT2D eigenvalue weighted by molar-refractivity contribution is -0.147. The molecule has 0 fully saturated rings. The molecule has 0 aromatic heterocycles. The number of nitrogens with two attached hydrogens (primary N) is 2. The second kappa shape index (κ2) is 18.6. The molecule has 0 bridgehead atoms. The molecule has 0 aliphatic heterocycles. The van der Waals surface area contributed by atoms with Crippen molar-refractivity contribution in [2.24, 2.45) is 30.7 Å². The number of benzene rings is 7. The van der Waals surface area contributed by atoms with Gasteiger partial charge in [-0.15, -0.1) is 25.6 Å². The van der Waals surface area contributed by atoms with E-state index in [2.05, 4.69) is 36.0 Å². The van der Waals surface area contributed by atoms with Crippen LogP contribution in [0.3, 0.4) is 0 Å². The molecule has 66 heavy (non-hydrogen) atoms. The normalized spacial score (nSPS) is 12.0. The predicted molar refractivity (Wildman–Crippen MR) is 241 cm³/mol. The van der Waals surface area contributed by atoms with Crippen molar-refractivity contribution in [2.75, 3.05) is 31.0 Å². The van der Waals surface area contributed by atoms with E-state index in [-0.39, 0.29) is 79.3 Å². The molecule has 0 heterocycles. The first-order valence-corrected chi connectivity index (χ1v) is 21.4. The number of nitrogens with zero attached hydrogens (tertiary/aromatic N) is 6. The summed E-state index contributed by atoms with van der Waals surface area (Å²) < 4.78 is 86.7. The number of carbonyl (C=O) groups is 2. The number of hydrogen-bond acceptors (Lipinski definition) is 18. The lowest BCUT2D eigenvalue weighted by Gasteiger charge is -2.11. The SMILES string of the molecule is COc1cc(-c2ccc(N=Nc3ccc4ccc(N)cc4c3OS(=O)(=O)O)c(OC)c2)ccc1N=Nc1ccc(N=Nc2ccc3ccc(N)cc3c2OS(=O)(=O)O)cc1NC(=O)C(=O)O. The van der Waals surface area contributed by atoms with Gasteiger partial charge in [0.2, 0.25) is 0 Å². The van der Waals surface area contributed by atoms with Gasteiger partial charge in [-0.3, -0.25) is 13.9 Å². The number of hydrogen-bond donors (Lipinski definition) is 6. The van der Waals surface area contributed by atoms with Crippen LogP contribution >= 0.6 is 0 Å². The molecule has 7 aromatic rings. The molecule has 0 saturated carbocycles. The van der Waals surface area contributed by atoms with Gasteiger partial charge in [-0.1, -0.05) is 36.4 Å². The van der Waals surface area contributed by atoms with Gasteiger partial charge < -0.3 is 39.7 Å². The molecule has 0 atom stereocenters. The fourth-order valence-electron chi connectivity index (χ4n) is 6.30. The highest BCUT2D eigenvalue weighted by Crippen LogP contribution is 2.43. The zero-order valence-electron chi connectivity index (χ0n) is 34.0. The number of amides is 1. The lowest BCUT2D eigenvalue weighted by atomic mass is 10.0. The van der Waals surface area contributed by atoms with E-state index in [9.17, 15) is 40.6 Å². The van der Waals surface area contributed by atoms with Crippen molar-refractivity contribution < 1.29 is 58.5 Å². The first-order valence-electron chi connectivity index (χ1n) is 18.7. The quantitative estimate of drug-likeness (QED) is 0.0256. The molecule has 0 spiro atoms. The van der Waals surface area contributed by atoms with E-state index in [1.54, 1.807) is 72.8 Å². The average molecular weight is 936 g/mol. The third kappa shape index (κ3) is 10.8. The summed E-state index contributed by atoms with van der Waals surface area (Å²) in [6.45, 7) is 0. The molecule has 0 aliphatic carbocycles. The summed E-state index contributed by atoms with van der Waals surface area (Å²) in [7, 11) is -7.15. The van der Waals surface area contributed by atoms with Crippen LogP contribution in [0.15, 0.2) is 146 Å². The number of carboxylic acid groups (broad SMARTS) is 1. The Hall–Kier alpha value is -8.58. The van der Waals surface area contributed by atoms with Crippen LogP contribution < -0.4 is 34.6 Å². The van der Waals surface area contributed by atoms with Gasteiger partial charge in [-0.2, -0.15) is 21.9 Å². The van der Waals surface area contributed by atoms with Crippen molar-refractivity contribution in [3.8, 4) is 34.1 Å². The number of carbonyl (C=O) groups excluding carboxylic acids is 1. The molecule has 22 nitrogen and oxygen atoms in total. The molecule has 7 rings (SSSR count). The summed E-state index contributed by atoms with van der Waals surface area (Å²) in [5.74, 6) is -3.34. The Morgan fingerprint density at radius 2 is 0.939 bits per heavy atom. The maximum atomic E-state index is 12.3. The number of ether oxygens (including phenoxy) is 2. The third-order valence-corrected chi connectivity index (χ3v) is 10.0. The van der Waals surface area contributed by atoms with Gasteiger partial charge >= 0.3 is 32.7 Å².